The van der Waals surface area contributed by atoms with Crippen LogP contribution in [0.4, 0.5) is 5.69 Å². The number of carbonyl (C=O) groups excluding carboxylic acids is 1. The van der Waals surface area contributed by atoms with Crippen LogP contribution in [0.5, 0.6) is 0 Å². The maximum Gasteiger partial charge on any atom is 0.228 e. The van der Waals surface area contributed by atoms with E-state index in [9.17, 15) is 9.90 Å². The fraction of sp³-hybridized carbons (Fsp3) is 0.562. The zero-order chi connectivity index (χ0) is 13.2. The first-order valence-corrected chi connectivity index (χ1v) is 7.35. The monoisotopic (exact) mass is 259 g/mol. The van der Waals surface area contributed by atoms with E-state index >= 15 is 0 Å². The highest BCUT2D eigenvalue weighted by molar-refractivity contribution is 5.99. The van der Waals surface area contributed by atoms with Crippen molar-refractivity contribution in [2.75, 3.05) is 5.32 Å². The van der Waals surface area contributed by atoms with E-state index in [1.165, 1.54) is 25.7 Å². The summed E-state index contributed by atoms with van der Waals surface area (Å²) >= 11 is 0. The minimum atomic E-state index is -0.376. The molecule has 1 atom stereocenters. The zero-order valence-electron chi connectivity index (χ0n) is 11.2. The molecule has 1 saturated carbocycles. The van der Waals surface area contributed by atoms with E-state index in [0.29, 0.717) is 12.3 Å². The lowest BCUT2D eigenvalue weighted by molar-refractivity contribution is -0.115. The van der Waals surface area contributed by atoms with Gasteiger partial charge < -0.3 is 10.4 Å². The molecule has 3 heteroatoms. The van der Waals surface area contributed by atoms with Gasteiger partial charge in [-0.05, 0) is 36.0 Å². The van der Waals surface area contributed by atoms with E-state index in [-0.39, 0.29) is 12.0 Å². The number of hydrogen-bond donors (Lipinski definition) is 2. The standard InChI is InChI=1S/C16H21NO2/c18-15-10-13-9-12(7-8-14(13)17-15)16(19)11-5-3-1-2-4-6-11/h7-9,11,16,19H,1-6,10H2,(H,17,18). The van der Waals surface area contributed by atoms with Crippen LogP contribution >= 0.6 is 0 Å². The summed E-state index contributed by atoms with van der Waals surface area (Å²) in [7, 11) is 0. The van der Waals surface area contributed by atoms with Gasteiger partial charge in [0, 0.05) is 5.69 Å². The molecular weight excluding hydrogens is 238 g/mol. The minimum Gasteiger partial charge on any atom is -0.388 e. The van der Waals surface area contributed by atoms with Crippen LogP contribution in [0.3, 0.4) is 0 Å². The Kier molecular flexibility index (Phi) is 3.56. The zero-order valence-corrected chi connectivity index (χ0v) is 11.2. The SMILES string of the molecule is O=C1Cc2cc(C(O)C3CCCCCC3)ccc2N1. The van der Waals surface area contributed by atoms with Crippen molar-refractivity contribution in [1.29, 1.82) is 0 Å². The summed E-state index contributed by atoms with van der Waals surface area (Å²) in [5.74, 6) is 0.432. The van der Waals surface area contributed by atoms with Crippen molar-refractivity contribution >= 4 is 11.6 Å². The molecule has 2 aliphatic rings. The molecule has 0 aromatic heterocycles. The second-order valence-electron chi connectivity index (χ2n) is 5.84. The van der Waals surface area contributed by atoms with E-state index < -0.39 is 0 Å². The minimum absolute atomic E-state index is 0.0520. The van der Waals surface area contributed by atoms with Crippen molar-refractivity contribution in [3.8, 4) is 0 Å². The maximum absolute atomic E-state index is 11.4. The smallest absolute Gasteiger partial charge is 0.228 e. The first kappa shape index (κ1) is 12.7. The van der Waals surface area contributed by atoms with Crippen LogP contribution in [0.2, 0.25) is 0 Å². The quantitative estimate of drug-likeness (QED) is 0.801. The van der Waals surface area contributed by atoms with Gasteiger partial charge in [0.2, 0.25) is 5.91 Å². The van der Waals surface area contributed by atoms with E-state index in [2.05, 4.69) is 5.32 Å². The molecular formula is C16H21NO2. The van der Waals surface area contributed by atoms with Gasteiger partial charge in [-0.3, -0.25) is 4.79 Å². The Morgan fingerprint density at radius 2 is 1.89 bits per heavy atom. The lowest BCUT2D eigenvalue weighted by Crippen LogP contribution is -2.12. The van der Waals surface area contributed by atoms with Crippen LogP contribution in [0, 0.1) is 5.92 Å². The predicted molar refractivity (Wildman–Crippen MR) is 74.9 cm³/mol. The number of hydrogen-bond acceptors (Lipinski definition) is 2. The second kappa shape index (κ2) is 5.33. The van der Waals surface area contributed by atoms with E-state index in [4.69, 9.17) is 0 Å². The Morgan fingerprint density at radius 1 is 1.16 bits per heavy atom. The number of anilines is 1. The fourth-order valence-corrected chi connectivity index (χ4v) is 3.33. The van der Waals surface area contributed by atoms with Gasteiger partial charge in [-0.1, -0.05) is 37.8 Å². The van der Waals surface area contributed by atoms with E-state index in [1.54, 1.807) is 0 Å². The third-order valence-electron chi connectivity index (χ3n) is 4.44. The summed E-state index contributed by atoms with van der Waals surface area (Å²) in [6, 6.07) is 5.89. The topological polar surface area (TPSA) is 49.3 Å². The Labute approximate surface area is 114 Å². The van der Waals surface area contributed by atoms with Gasteiger partial charge in [-0.15, -0.1) is 0 Å². The molecule has 1 aliphatic carbocycles. The van der Waals surface area contributed by atoms with Gasteiger partial charge in [0.05, 0.1) is 12.5 Å². The highest BCUT2D eigenvalue weighted by Crippen LogP contribution is 2.35. The Balaban J connectivity index is 1.78. The lowest BCUT2D eigenvalue weighted by atomic mass is 9.88. The molecule has 1 aliphatic heterocycles. The van der Waals surface area contributed by atoms with Gasteiger partial charge in [0.15, 0.2) is 0 Å². The molecule has 1 aromatic carbocycles. The molecule has 2 N–H and O–H groups in total. The van der Waals surface area contributed by atoms with Gasteiger partial charge >= 0.3 is 0 Å². The van der Waals surface area contributed by atoms with Gasteiger partial charge in [-0.25, -0.2) is 0 Å². The van der Waals surface area contributed by atoms with Crippen molar-refractivity contribution in [2.24, 2.45) is 5.92 Å². The Morgan fingerprint density at radius 3 is 2.63 bits per heavy atom. The summed E-state index contributed by atoms with van der Waals surface area (Å²) in [5, 5.41) is 13.4. The van der Waals surface area contributed by atoms with Crippen LogP contribution in [0.15, 0.2) is 18.2 Å². The van der Waals surface area contributed by atoms with Gasteiger partial charge in [-0.2, -0.15) is 0 Å². The molecule has 1 unspecified atom stereocenters. The molecule has 0 spiro atoms. The molecule has 1 heterocycles. The first-order chi connectivity index (χ1) is 9.24. The number of rotatable bonds is 2. The van der Waals surface area contributed by atoms with Crippen LogP contribution in [0.25, 0.3) is 0 Å². The highest BCUT2D eigenvalue weighted by Gasteiger charge is 2.24. The normalized spacial score (nSPS) is 21.6. The number of carbonyl (C=O) groups is 1. The molecule has 1 aromatic rings. The summed E-state index contributed by atoms with van der Waals surface area (Å²) in [4.78, 5) is 11.4. The fourth-order valence-electron chi connectivity index (χ4n) is 3.33. The second-order valence-corrected chi connectivity index (χ2v) is 5.84. The lowest BCUT2D eigenvalue weighted by Gasteiger charge is -2.22. The third kappa shape index (κ3) is 2.66. The first-order valence-electron chi connectivity index (χ1n) is 7.35. The summed E-state index contributed by atoms with van der Waals surface area (Å²) in [6.07, 6.45) is 7.36. The van der Waals surface area contributed by atoms with E-state index in [1.807, 2.05) is 18.2 Å². The number of fused-ring (bicyclic) bond motifs is 1. The molecule has 102 valence electrons. The predicted octanol–water partition coefficient (Wildman–Crippen LogP) is 3.19. The van der Waals surface area contributed by atoms with Crippen molar-refractivity contribution < 1.29 is 9.90 Å². The van der Waals surface area contributed by atoms with Crippen molar-refractivity contribution in [1.82, 2.24) is 0 Å². The molecule has 19 heavy (non-hydrogen) atoms. The molecule has 3 nitrogen and oxygen atoms in total. The van der Waals surface area contributed by atoms with Crippen LogP contribution in [-0.2, 0) is 11.2 Å². The van der Waals surface area contributed by atoms with Crippen molar-refractivity contribution in [2.45, 2.75) is 51.0 Å². The summed E-state index contributed by atoms with van der Waals surface area (Å²) < 4.78 is 0. The molecule has 1 fully saturated rings. The Hall–Kier alpha value is -1.35. The third-order valence-corrected chi connectivity index (χ3v) is 4.44. The van der Waals surface area contributed by atoms with Crippen molar-refractivity contribution in [3.05, 3.63) is 29.3 Å². The van der Waals surface area contributed by atoms with Gasteiger partial charge in [0.25, 0.3) is 0 Å². The highest BCUT2D eigenvalue weighted by atomic mass is 16.3. The molecule has 0 saturated heterocycles. The van der Waals surface area contributed by atoms with Crippen LogP contribution < -0.4 is 5.32 Å². The number of amides is 1. The van der Waals surface area contributed by atoms with Crippen molar-refractivity contribution in [3.63, 3.8) is 0 Å². The molecule has 3 rings (SSSR count). The van der Waals surface area contributed by atoms with Crippen LogP contribution in [-0.4, -0.2) is 11.0 Å². The number of aliphatic hydroxyl groups excluding tert-OH is 1. The van der Waals surface area contributed by atoms with E-state index in [0.717, 1.165) is 29.7 Å². The molecule has 0 radical (unpaired) electrons. The number of aliphatic hydroxyl groups is 1. The van der Waals surface area contributed by atoms with Crippen LogP contribution in [0.1, 0.15) is 55.8 Å². The number of nitrogens with one attached hydrogen (secondary N) is 1. The largest absolute Gasteiger partial charge is 0.388 e. The van der Waals surface area contributed by atoms with Gasteiger partial charge in [0.1, 0.15) is 0 Å². The maximum atomic E-state index is 11.4. The average molecular weight is 259 g/mol. The summed E-state index contributed by atoms with van der Waals surface area (Å²) in [5.41, 5.74) is 2.90. The number of benzene rings is 1. The summed E-state index contributed by atoms with van der Waals surface area (Å²) in [6.45, 7) is 0. The molecule has 1 amide bonds. The Bertz CT molecular complexity index is 476. The average Bonchev–Trinajstić information content (AvgIpc) is 2.63. The molecule has 0 bridgehead atoms.